The van der Waals surface area contributed by atoms with Crippen LogP contribution in [0.2, 0.25) is 5.02 Å². The molecule has 0 spiro atoms. The van der Waals surface area contributed by atoms with Gasteiger partial charge in [-0.15, -0.1) is 0 Å². The first-order chi connectivity index (χ1) is 17.5. The van der Waals surface area contributed by atoms with Crippen molar-refractivity contribution in [2.45, 2.75) is 25.4 Å². The number of methoxy groups -OCH3 is 1. The van der Waals surface area contributed by atoms with Crippen LogP contribution >= 0.6 is 11.6 Å². The topological polar surface area (TPSA) is 99.6 Å². The Morgan fingerprint density at radius 1 is 1.11 bits per heavy atom. The molecule has 36 heavy (non-hydrogen) atoms. The average Bonchev–Trinajstić information content (AvgIpc) is 2.90. The first-order valence-corrected chi connectivity index (χ1v) is 12.0. The maximum Gasteiger partial charge on any atom is 0.186 e. The molecule has 1 unspecified atom stereocenters. The molecule has 5 rings (SSSR count). The van der Waals surface area contributed by atoms with Crippen molar-refractivity contribution < 1.29 is 23.8 Å². The van der Waals surface area contributed by atoms with E-state index in [2.05, 4.69) is 15.3 Å². The number of carbonyl (C=O) groups is 2. The van der Waals surface area contributed by atoms with E-state index in [0.29, 0.717) is 45.7 Å². The fourth-order valence-electron chi connectivity index (χ4n) is 4.22. The van der Waals surface area contributed by atoms with Crippen LogP contribution in [0.15, 0.2) is 54.9 Å². The van der Waals surface area contributed by atoms with Gasteiger partial charge in [-0.2, -0.15) is 0 Å². The summed E-state index contributed by atoms with van der Waals surface area (Å²) in [5.41, 5.74) is 2.01. The molecule has 0 bridgehead atoms. The molecule has 1 N–H and O–H groups in total. The van der Waals surface area contributed by atoms with Gasteiger partial charge in [0, 0.05) is 39.9 Å². The summed E-state index contributed by atoms with van der Waals surface area (Å²) in [5.74, 6) is 1.13. The highest BCUT2D eigenvalue weighted by Crippen LogP contribution is 2.36. The van der Waals surface area contributed by atoms with Crippen LogP contribution in [0.25, 0.3) is 16.5 Å². The van der Waals surface area contributed by atoms with Gasteiger partial charge in [-0.25, -0.2) is 9.97 Å². The minimum atomic E-state index is -0.281. The zero-order valence-corrected chi connectivity index (χ0v) is 20.4. The summed E-state index contributed by atoms with van der Waals surface area (Å²) in [5, 5.41) is 4.35. The van der Waals surface area contributed by atoms with E-state index >= 15 is 0 Å². The van der Waals surface area contributed by atoms with Gasteiger partial charge in [-0.1, -0.05) is 11.6 Å². The number of ether oxygens (including phenoxy) is 3. The van der Waals surface area contributed by atoms with Gasteiger partial charge in [0.25, 0.3) is 0 Å². The second kappa shape index (κ2) is 10.5. The molecular formula is C27H24ClN3O5. The quantitative estimate of drug-likeness (QED) is 0.444. The second-order valence-corrected chi connectivity index (χ2v) is 8.93. The largest absolute Gasteiger partial charge is 0.493 e. The fraction of sp³-hybridized carbons (Fsp3) is 0.259. The number of rotatable bonds is 7. The van der Waals surface area contributed by atoms with Crippen molar-refractivity contribution in [3.63, 3.8) is 0 Å². The zero-order chi connectivity index (χ0) is 25.1. The lowest BCUT2D eigenvalue weighted by atomic mass is 9.96. The molecule has 2 aliphatic rings. The number of ketones is 2. The third kappa shape index (κ3) is 5.10. The van der Waals surface area contributed by atoms with E-state index in [4.69, 9.17) is 25.8 Å². The summed E-state index contributed by atoms with van der Waals surface area (Å²) >= 11 is 6.36. The van der Waals surface area contributed by atoms with Crippen LogP contribution in [0.3, 0.4) is 0 Å². The summed E-state index contributed by atoms with van der Waals surface area (Å²) in [7, 11) is 1.58. The number of nitrogens with zero attached hydrogens (tertiary/aromatic N) is 2. The van der Waals surface area contributed by atoms with Gasteiger partial charge in [-0.3, -0.25) is 9.59 Å². The van der Waals surface area contributed by atoms with Crippen molar-refractivity contribution in [1.29, 1.82) is 0 Å². The predicted molar refractivity (Wildman–Crippen MR) is 137 cm³/mol. The van der Waals surface area contributed by atoms with Crippen molar-refractivity contribution in [1.82, 2.24) is 9.97 Å². The summed E-state index contributed by atoms with van der Waals surface area (Å²) in [6.07, 6.45) is 8.49. The Kier molecular flexibility index (Phi) is 6.97. The monoisotopic (exact) mass is 505 g/mol. The van der Waals surface area contributed by atoms with E-state index in [1.807, 2.05) is 12.1 Å². The normalized spacial score (nSPS) is 17.7. The van der Waals surface area contributed by atoms with Gasteiger partial charge in [0.1, 0.15) is 18.8 Å². The molecule has 1 saturated heterocycles. The van der Waals surface area contributed by atoms with Crippen molar-refractivity contribution in [3.8, 4) is 11.5 Å². The lowest BCUT2D eigenvalue weighted by Crippen LogP contribution is -2.25. The van der Waals surface area contributed by atoms with Crippen LogP contribution in [0.1, 0.15) is 24.8 Å². The molecule has 9 heteroatoms. The fourth-order valence-corrected chi connectivity index (χ4v) is 4.44. The number of hydrogen-bond acceptors (Lipinski definition) is 8. The van der Waals surface area contributed by atoms with E-state index in [0.717, 1.165) is 31.3 Å². The predicted octanol–water partition coefficient (Wildman–Crippen LogP) is 5.07. The first kappa shape index (κ1) is 24.0. The van der Waals surface area contributed by atoms with Crippen molar-refractivity contribution in [3.05, 3.63) is 65.5 Å². The molecule has 0 saturated carbocycles. The van der Waals surface area contributed by atoms with Crippen molar-refractivity contribution in [2.24, 2.45) is 0 Å². The first-order valence-electron chi connectivity index (χ1n) is 11.6. The maximum atomic E-state index is 12.4. The highest BCUT2D eigenvalue weighted by molar-refractivity contribution is 6.39. The van der Waals surface area contributed by atoms with E-state index in [1.54, 1.807) is 25.3 Å². The number of allylic oxidation sites excluding steroid dienone is 4. The Morgan fingerprint density at radius 3 is 2.81 bits per heavy atom. The minimum absolute atomic E-state index is 0.0674. The number of carbonyl (C=O) groups excluding carboxylic acids is 2. The summed E-state index contributed by atoms with van der Waals surface area (Å²) in [6.45, 7) is 1.20. The number of halogens is 1. The number of benzene rings is 2. The molecule has 8 nitrogen and oxygen atoms in total. The van der Waals surface area contributed by atoms with Gasteiger partial charge >= 0.3 is 0 Å². The smallest absolute Gasteiger partial charge is 0.186 e. The Bertz CT molecular complexity index is 1400. The summed E-state index contributed by atoms with van der Waals surface area (Å²) < 4.78 is 17.4. The molecule has 184 valence electrons. The standard InChI is InChI=1S/C27H24ClN3O5/c1-34-25-12-21-23(13-26(25)36-14-18-4-2-3-9-35-18)29-15-30-27(21)31-16-5-7-22(28)19(10-16)20-11-17(32)6-8-24(20)33/h5-8,10-13,15,18H,2-4,9,14H2,1H3,(H,29,30,31). The van der Waals surface area contributed by atoms with Crippen LogP contribution in [-0.2, 0) is 14.3 Å². The Hall–Kier alpha value is -3.75. The molecule has 0 radical (unpaired) electrons. The maximum absolute atomic E-state index is 12.4. The number of nitrogens with one attached hydrogen (secondary N) is 1. The van der Waals surface area contributed by atoms with E-state index in [9.17, 15) is 9.59 Å². The third-order valence-corrected chi connectivity index (χ3v) is 6.42. The van der Waals surface area contributed by atoms with E-state index < -0.39 is 0 Å². The Labute approximate surface area is 212 Å². The molecule has 1 aliphatic carbocycles. The molecule has 1 atom stereocenters. The van der Waals surface area contributed by atoms with Crippen LogP contribution in [0, 0.1) is 0 Å². The number of aromatic nitrogens is 2. The van der Waals surface area contributed by atoms with Gasteiger partial charge in [-0.05, 0) is 61.8 Å². The van der Waals surface area contributed by atoms with Crippen molar-refractivity contribution >= 4 is 51.1 Å². The van der Waals surface area contributed by atoms with Crippen LogP contribution in [0.4, 0.5) is 11.5 Å². The molecule has 3 aromatic rings. The molecule has 1 aliphatic heterocycles. The molecule has 1 aromatic heterocycles. The Balaban J connectivity index is 1.43. The lowest BCUT2D eigenvalue weighted by Gasteiger charge is -2.23. The highest BCUT2D eigenvalue weighted by atomic mass is 35.5. The number of fused-ring (bicyclic) bond motifs is 1. The van der Waals surface area contributed by atoms with Gasteiger partial charge in [0.05, 0.1) is 18.7 Å². The molecular weight excluding hydrogens is 482 g/mol. The average molecular weight is 506 g/mol. The minimum Gasteiger partial charge on any atom is -0.493 e. The zero-order valence-electron chi connectivity index (χ0n) is 19.6. The third-order valence-electron chi connectivity index (χ3n) is 6.09. The van der Waals surface area contributed by atoms with E-state index in [1.165, 1.54) is 24.6 Å². The highest BCUT2D eigenvalue weighted by Gasteiger charge is 2.20. The lowest BCUT2D eigenvalue weighted by molar-refractivity contribution is -0.113. The molecule has 2 heterocycles. The van der Waals surface area contributed by atoms with Crippen LogP contribution in [0.5, 0.6) is 11.5 Å². The molecule has 1 fully saturated rings. The van der Waals surface area contributed by atoms with Gasteiger partial charge in [0.2, 0.25) is 0 Å². The number of hydrogen-bond donors (Lipinski definition) is 1. The SMILES string of the molecule is COc1cc2c(Nc3ccc(Cl)c(C4=CC(=O)C=CC4=O)c3)ncnc2cc1OCC1CCCCO1. The summed E-state index contributed by atoms with van der Waals surface area (Å²) in [6, 6.07) is 8.79. The molecule has 0 amide bonds. The molecule has 2 aromatic carbocycles. The number of anilines is 2. The van der Waals surface area contributed by atoms with Crippen molar-refractivity contribution in [2.75, 3.05) is 25.6 Å². The van der Waals surface area contributed by atoms with Gasteiger partial charge < -0.3 is 19.5 Å². The Morgan fingerprint density at radius 2 is 2.00 bits per heavy atom. The van der Waals surface area contributed by atoms with E-state index in [-0.39, 0.29) is 23.2 Å². The van der Waals surface area contributed by atoms with Gasteiger partial charge in [0.15, 0.2) is 23.1 Å². The second-order valence-electron chi connectivity index (χ2n) is 8.52. The summed E-state index contributed by atoms with van der Waals surface area (Å²) in [4.78, 5) is 33.0. The van der Waals surface area contributed by atoms with Crippen LogP contribution in [-0.4, -0.2) is 48.0 Å². The van der Waals surface area contributed by atoms with Crippen LogP contribution < -0.4 is 14.8 Å².